The van der Waals surface area contributed by atoms with Gasteiger partial charge in [0.15, 0.2) is 6.61 Å². The first kappa shape index (κ1) is 31.5. The molecule has 0 spiro atoms. The number of hydrogen-bond donors (Lipinski definition) is 3. The lowest BCUT2D eigenvalue weighted by atomic mass is 9.80. The summed E-state index contributed by atoms with van der Waals surface area (Å²) < 4.78 is 5.76. The summed E-state index contributed by atoms with van der Waals surface area (Å²) in [7, 11) is 0. The van der Waals surface area contributed by atoms with Crippen molar-refractivity contribution in [1.29, 1.82) is 0 Å². The largest absolute Gasteiger partial charge is 0.712 e. The van der Waals surface area contributed by atoms with Crippen molar-refractivity contribution < 1.29 is 14.3 Å². The average molecular weight is 503 g/mol. The fourth-order valence-corrected chi connectivity index (χ4v) is 4.33. The highest BCUT2D eigenvalue weighted by Gasteiger charge is 2.26. The highest BCUT2D eigenvalue weighted by atomic mass is 16.5. The van der Waals surface area contributed by atoms with E-state index in [0.717, 1.165) is 30.4 Å². The molecule has 0 saturated carbocycles. The van der Waals surface area contributed by atoms with E-state index in [1.54, 1.807) is 0 Å². The number of carbonyl (C=O) groups is 2. The molecule has 36 heavy (non-hydrogen) atoms. The smallest absolute Gasteiger partial charge is 0.255 e. The van der Waals surface area contributed by atoms with Crippen LogP contribution in [0.2, 0.25) is 0 Å². The van der Waals surface area contributed by atoms with E-state index in [2.05, 4.69) is 58.0 Å². The molecule has 0 bridgehead atoms. The minimum absolute atomic E-state index is 0.0153. The Hall–Kier alpha value is -2.48. The van der Waals surface area contributed by atoms with E-state index in [1.807, 2.05) is 19.1 Å². The summed E-state index contributed by atoms with van der Waals surface area (Å²) in [5.41, 5.74) is 23.4. The lowest BCUT2D eigenvalue weighted by molar-refractivity contribution is -0.124. The van der Waals surface area contributed by atoms with Crippen LogP contribution in [0.25, 0.3) is 5.53 Å². The van der Waals surface area contributed by atoms with Crippen molar-refractivity contribution in [1.82, 2.24) is 5.32 Å². The van der Waals surface area contributed by atoms with Crippen LogP contribution in [0.5, 0.6) is 5.75 Å². The molecule has 0 fully saturated rings. The van der Waals surface area contributed by atoms with Crippen LogP contribution in [-0.2, 0) is 21.4 Å². The molecule has 0 aliphatic heterocycles. The summed E-state index contributed by atoms with van der Waals surface area (Å²) in [4.78, 5) is 23.7. The summed E-state index contributed by atoms with van der Waals surface area (Å²) in [6.07, 6.45) is 3.75. The molecule has 1 unspecified atom stereocenters. The molecule has 0 aliphatic carbocycles. The quantitative estimate of drug-likeness (QED) is 0.222. The van der Waals surface area contributed by atoms with Crippen molar-refractivity contribution in [2.75, 3.05) is 13.2 Å². The van der Waals surface area contributed by atoms with Crippen LogP contribution in [0.4, 0.5) is 0 Å². The molecule has 2 amide bonds. The number of ether oxygens (including phenoxy) is 1. The molecule has 1 aromatic carbocycles. The van der Waals surface area contributed by atoms with Gasteiger partial charge >= 0.3 is 0 Å². The summed E-state index contributed by atoms with van der Waals surface area (Å²) in [5.74, 6) is 0.370. The molecule has 0 aromatic heterocycles. The maximum Gasteiger partial charge on any atom is 0.255 e. The van der Waals surface area contributed by atoms with Gasteiger partial charge in [-0.25, -0.2) is 0 Å². The number of primary amides is 1. The van der Waals surface area contributed by atoms with Gasteiger partial charge in [-0.05, 0) is 60.1 Å². The molecule has 8 nitrogen and oxygen atoms in total. The summed E-state index contributed by atoms with van der Waals surface area (Å²) >= 11 is 0. The van der Waals surface area contributed by atoms with Gasteiger partial charge in [-0.3, -0.25) is 9.59 Å². The Morgan fingerprint density at radius 3 is 2.36 bits per heavy atom. The fraction of sp³-hybridized carbons (Fsp3) is 0.714. The summed E-state index contributed by atoms with van der Waals surface area (Å²) in [6, 6.07) is 5.21. The van der Waals surface area contributed by atoms with Gasteiger partial charge in [0.25, 0.3) is 5.91 Å². The van der Waals surface area contributed by atoms with Gasteiger partial charge in [0.2, 0.25) is 5.91 Å². The Morgan fingerprint density at radius 1 is 1.17 bits per heavy atom. The van der Waals surface area contributed by atoms with Crippen molar-refractivity contribution >= 4 is 11.8 Å². The van der Waals surface area contributed by atoms with E-state index < -0.39 is 18.0 Å². The van der Waals surface area contributed by atoms with Crippen LogP contribution in [0.15, 0.2) is 23.3 Å². The van der Waals surface area contributed by atoms with Crippen LogP contribution in [0.3, 0.4) is 0 Å². The van der Waals surface area contributed by atoms with Crippen molar-refractivity contribution in [2.24, 2.45) is 34.3 Å². The number of carbonyl (C=O) groups excluding carboxylic acids is 2. The third-order valence-electron chi connectivity index (χ3n) is 6.75. The number of rotatable bonds is 16. The average Bonchev–Trinajstić information content (AvgIpc) is 2.79. The van der Waals surface area contributed by atoms with E-state index in [-0.39, 0.29) is 29.8 Å². The van der Waals surface area contributed by atoms with Crippen LogP contribution in [0, 0.1) is 17.8 Å². The Kier molecular flexibility index (Phi) is 13.1. The Labute approximate surface area is 217 Å². The van der Waals surface area contributed by atoms with Crippen LogP contribution >= 0.6 is 0 Å². The second-order valence-electron chi connectivity index (χ2n) is 11.4. The molecule has 1 aromatic rings. The number of amides is 2. The van der Waals surface area contributed by atoms with Gasteiger partial charge in [0, 0.05) is 24.5 Å². The summed E-state index contributed by atoms with van der Waals surface area (Å²) in [5, 5.41) is 6.57. The van der Waals surface area contributed by atoms with Gasteiger partial charge in [0.05, 0.1) is 0 Å². The number of nitrogens with two attached hydrogens (primary N) is 2. The van der Waals surface area contributed by atoms with Gasteiger partial charge in [-0.15, -0.1) is 0 Å². The van der Waals surface area contributed by atoms with Gasteiger partial charge in [-0.1, -0.05) is 67.0 Å². The number of nitrogens with zero attached hydrogens (tertiary/aromatic N) is 2. The third kappa shape index (κ3) is 10.6. The second-order valence-corrected chi connectivity index (χ2v) is 11.4. The van der Waals surface area contributed by atoms with Gasteiger partial charge in [0.1, 0.15) is 5.75 Å². The number of unbranched alkanes of at least 4 members (excludes halogenated alkanes) is 1. The van der Waals surface area contributed by atoms with E-state index in [0.29, 0.717) is 31.1 Å². The molecule has 0 aliphatic rings. The monoisotopic (exact) mass is 502 g/mol. The SMILES string of the molecule is CCCCNC(=O)C(C)C[C@H](N)[C@H](C[C@H](Cc1ccc(C(C)(C)C)c(OCC(N)=O)c1)C(C)C)N=[N-]. The van der Waals surface area contributed by atoms with Crippen molar-refractivity contribution in [3.05, 3.63) is 34.9 Å². The topological polar surface area (TPSA) is 142 Å². The normalized spacial score (nSPS) is 15.1. The van der Waals surface area contributed by atoms with Crippen molar-refractivity contribution in [2.45, 2.75) is 98.1 Å². The first-order chi connectivity index (χ1) is 16.8. The second kappa shape index (κ2) is 14.9. The summed E-state index contributed by atoms with van der Waals surface area (Å²) in [6.45, 7) is 15.0. The van der Waals surface area contributed by atoms with Crippen LogP contribution in [-0.4, -0.2) is 37.0 Å². The predicted molar refractivity (Wildman–Crippen MR) is 146 cm³/mol. The minimum atomic E-state index is -0.519. The van der Waals surface area contributed by atoms with Gasteiger partial charge < -0.3 is 32.2 Å². The molecular formula is C28H48N5O3-. The van der Waals surface area contributed by atoms with E-state index in [9.17, 15) is 15.1 Å². The van der Waals surface area contributed by atoms with Crippen LogP contribution < -0.4 is 21.5 Å². The molecule has 204 valence electrons. The maximum atomic E-state index is 12.4. The zero-order valence-corrected chi connectivity index (χ0v) is 23.3. The first-order valence-electron chi connectivity index (χ1n) is 13.2. The minimum Gasteiger partial charge on any atom is -0.712 e. The van der Waals surface area contributed by atoms with Crippen LogP contribution in [0.1, 0.15) is 85.3 Å². The maximum absolute atomic E-state index is 12.4. The number of nitrogens with one attached hydrogen (secondary N) is 1. The zero-order valence-electron chi connectivity index (χ0n) is 23.3. The van der Waals surface area contributed by atoms with Crippen molar-refractivity contribution in [3.8, 4) is 5.75 Å². The van der Waals surface area contributed by atoms with E-state index >= 15 is 0 Å². The molecule has 0 radical (unpaired) electrons. The predicted octanol–water partition coefficient (Wildman–Crippen LogP) is 4.71. The fourth-order valence-electron chi connectivity index (χ4n) is 4.33. The first-order valence-corrected chi connectivity index (χ1v) is 13.2. The molecule has 8 heteroatoms. The lowest BCUT2D eigenvalue weighted by Gasteiger charge is -2.31. The number of hydrogen-bond acceptors (Lipinski definition) is 5. The van der Waals surface area contributed by atoms with E-state index in [4.69, 9.17) is 16.2 Å². The highest BCUT2D eigenvalue weighted by molar-refractivity contribution is 5.78. The standard InChI is InChI=1S/C28H48N5O3/c1-8-9-12-32-27(35)19(4)13-23(29)24(33-31)16-21(18(2)3)14-20-10-11-22(28(5,6)7)25(15-20)36-17-26(30)34/h10-11,15,18-19,21,23-24H,8-9,12-14,16-17,29H2,1-7H3,(H2,30,34)(H,32,35)/q-1/t19?,21-,23-,24-/m0/s1. The van der Waals surface area contributed by atoms with Gasteiger partial charge in [-0.2, -0.15) is 0 Å². The molecule has 5 N–H and O–H groups in total. The highest BCUT2D eigenvalue weighted by Crippen LogP contribution is 2.34. The Balaban J connectivity index is 2.97. The third-order valence-corrected chi connectivity index (χ3v) is 6.75. The van der Waals surface area contributed by atoms with Crippen molar-refractivity contribution in [3.63, 3.8) is 0 Å². The molecule has 4 atom stereocenters. The zero-order chi connectivity index (χ0) is 27.5. The molecule has 0 heterocycles. The Morgan fingerprint density at radius 2 is 1.83 bits per heavy atom. The number of benzene rings is 1. The Bertz CT molecular complexity index is 850. The van der Waals surface area contributed by atoms with E-state index in [1.165, 1.54) is 0 Å². The molecule has 1 rings (SSSR count). The molecule has 0 saturated heterocycles. The lowest BCUT2D eigenvalue weighted by Crippen LogP contribution is -2.40. The molecular weight excluding hydrogens is 454 g/mol.